The molecule has 1 saturated heterocycles. The van der Waals surface area contributed by atoms with Gasteiger partial charge in [0.2, 0.25) is 11.8 Å². The molecule has 1 aliphatic carbocycles. The summed E-state index contributed by atoms with van der Waals surface area (Å²) in [6.07, 6.45) is -0.520. The van der Waals surface area contributed by atoms with Crippen LogP contribution in [0.3, 0.4) is 0 Å². The fourth-order valence-electron chi connectivity index (χ4n) is 2.23. The molecule has 0 aromatic rings. The zero-order chi connectivity index (χ0) is 11.1. The molecule has 1 N–H and O–H groups in total. The quantitative estimate of drug-likeness (QED) is 0.765. The first-order valence-corrected chi connectivity index (χ1v) is 5.38. The Hall–Kier alpha value is -0.420. The molecule has 0 unspecified atom stereocenters. The van der Waals surface area contributed by atoms with Gasteiger partial charge in [0.05, 0.1) is 0 Å². The molecule has 0 radical (unpaired) electrons. The third-order valence-electron chi connectivity index (χ3n) is 3.12. The lowest BCUT2D eigenvalue weighted by Crippen LogP contribution is -2.55. The Labute approximate surface area is 100.0 Å². The van der Waals surface area contributed by atoms with Crippen molar-refractivity contribution in [3.63, 3.8) is 0 Å². The van der Waals surface area contributed by atoms with Crippen LogP contribution in [0.2, 0.25) is 0 Å². The maximum atomic E-state index is 12.6. The van der Waals surface area contributed by atoms with Crippen molar-refractivity contribution in [3.05, 3.63) is 0 Å². The van der Waals surface area contributed by atoms with Crippen LogP contribution in [0.4, 0.5) is 8.78 Å². The van der Waals surface area contributed by atoms with Crippen LogP contribution in [0.25, 0.3) is 0 Å². The van der Waals surface area contributed by atoms with E-state index in [0.717, 1.165) is 6.54 Å². The Morgan fingerprint density at radius 3 is 2.56 bits per heavy atom. The highest BCUT2D eigenvalue weighted by Crippen LogP contribution is 2.43. The number of nitrogens with one attached hydrogen (secondary N) is 1. The number of amides is 1. The van der Waals surface area contributed by atoms with E-state index in [4.69, 9.17) is 0 Å². The normalized spacial score (nSPS) is 29.2. The molecule has 0 spiro atoms. The lowest BCUT2D eigenvalue weighted by Gasteiger charge is -2.39. The SMILES string of the molecule is C[C@@H]1CN(C(=O)C2CC(F)(F)C2)CCN1.Cl. The van der Waals surface area contributed by atoms with E-state index in [-0.39, 0.29) is 37.2 Å². The summed E-state index contributed by atoms with van der Waals surface area (Å²) in [6, 6.07) is 0.267. The summed E-state index contributed by atoms with van der Waals surface area (Å²) >= 11 is 0. The number of carbonyl (C=O) groups is 1. The van der Waals surface area contributed by atoms with E-state index >= 15 is 0 Å². The van der Waals surface area contributed by atoms with Crippen molar-refractivity contribution >= 4 is 18.3 Å². The minimum Gasteiger partial charge on any atom is -0.340 e. The van der Waals surface area contributed by atoms with Crippen LogP contribution in [0.15, 0.2) is 0 Å². The highest BCUT2D eigenvalue weighted by Gasteiger charge is 2.49. The smallest absolute Gasteiger partial charge is 0.249 e. The molecule has 6 heteroatoms. The molecule has 1 atom stereocenters. The topological polar surface area (TPSA) is 32.3 Å². The van der Waals surface area contributed by atoms with Crippen LogP contribution in [-0.4, -0.2) is 42.4 Å². The van der Waals surface area contributed by atoms with Crippen LogP contribution in [0, 0.1) is 5.92 Å². The first kappa shape index (κ1) is 13.6. The highest BCUT2D eigenvalue weighted by atomic mass is 35.5. The standard InChI is InChI=1S/C10H16F2N2O.ClH/c1-7-6-14(3-2-13-7)9(15)8-4-10(11,12)5-8;/h7-8,13H,2-6H2,1H3;1H/t7-;/m1./s1. The van der Waals surface area contributed by atoms with E-state index in [2.05, 4.69) is 5.32 Å². The molecule has 2 aliphatic rings. The van der Waals surface area contributed by atoms with Gasteiger partial charge in [-0.15, -0.1) is 12.4 Å². The summed E-state index contributed by atoms with van der Waals surface area (Å²) in [5.41, 5.74) is 0. The minimum absolute atomic E-state index is 0. The third-order valence-corrected chi connectivity index (χ3v) is 3.12. The van der Waals surface area contributed by atoms with Gasteiger partial charge >= 0.3 is 0 Å². The number of hydrogen-bond donors (Lipinski definition) is 1. The van der Waals surface area contributed by atoms with Crippen molar-refractivity contribution in [1.29, 1.82) is 0 Å². The van der Waals surface area contributed by atoms with Gasteiger partial charge in [0.25, 0.3) is 0 Å². The van der Waals surface area contributed by atoms with E-state index in [9.17, 15) is 13.6 Å². The van der Waals surface area contributed by atoms with Crippen LogP contribution in [0.1, 0.15) is 19.8 Å². The second kappa shape index (κ2) is 4.84. The summed E-state index contributed by atoms with van der Waals surface area (Å²) in [4.78, 5) is 13.5. The Balaban J connectivity index is 0.00000128. The Bertz CT molecular complexity index is 268. The van der Waals surface area contributed by atoms with E-state index in [1.165, 1.54) is 0 Å². The summed E-state index contributed by atoms with van der Waals surface area (Å²) in [6.45, 7) is 4.04. The Morgan fingerprint density at radius 1 is 1.44 bits per heavy atom. The number of halogens is 3. The molecule has 1 aliphatic heterocycles. The number of piperazine rings is 1. The second-order valence-corrected chi connectivity index (χ2v) is 4.60. The molecular formula is C10H17ClF2N2O. The van der Waals surface area contributed by atoms with Gasteiger partial charge in [0, 0.05) is 44.4 Å². The largest absolute Gasteiger partial charge is 0.340 e. The summed E-state index contributed by atoms with van der Waals surface area (Å²) in [5.74, 6) is -3.13. The van der Waals surface area contributed by atoms with E-state index in [1.807, 2.05) is 6.92 Å². The van der Waals surface area contributed by atoms with E-state index < -0.39 is 11.8 Å². The summed E-state index contributed by atoms with van der Waals surface area (Å²) in [5, 5.41) is 3.22. The third kappa shape index (κ3) is 2.83. The molecule has 1 amide bonds. The molecule has 2 rings (SSSR count). The fourth-order valence-corrected chi connectivity index (χ4v) is 2.23. The van der Waals surface area contributed by atoms with Gasteiger partial charge in [-0.05, 0) is 6.92 Å². The number of alkyl halides is 2. The molecule has 0 aromatic carbocycles. The molecule has 1 heterocycles. The van der Waals surface area contributed by atoms with Crippen molar-refractivity contribution in [2.24, 2.45) is 5.92 Å². The maximum absolute atomic E-state index is 12.6. The van der Waals surface area contributed by atoms with Gasteiger partial charge in [0.15, 0.2) is 0 Å². The zero-order valence-corrected chi connectivity index (χ0v) is 10.0. The van der Waals surface area contributed by atoms with Crippen molar-refractivity contribution in [2.45, 2.75) is 31.7 Å². The Morgan fingerprint density at radius 2 is 2.06 bits per heavy atom. The predicted octanol–water partition coefficient (Wildman–Crippen LogP) is 1.27. The van der Waals surface area contributed by atoms with Crippen LogP contribution < -0.4 is 5.32 Å². The van der Waals surface area contributed by atoms with Gasteiger partial charge in [-0.3, -0.25) is 4.79 Å². The van der Waals surface area contributed by atoms with Crippen LogP contribution in [-0.2, 0) is 4.79 Å². The van der Waals surface area contributed by atoms with E-state index in [0.29, 0.717) is 13.1 Å². The monoisotopic (exact) mass is 254 g/mol. The van der Waals surface area contributed by atoms with Crippen molar-refractivity contribution in [1.82, 2.24) is 10.2 Å². The lowest BCUT2D eigenvalue weighted by atomic mass is 9.80. The fraction of sp³-hybridized carbons (Fsp3) is 0.900. The molecule has 0 bridgehead atoms. The first-order valence-electron chi connectivity index (χ1n) is 5.38. The van der Waals surface area contributed by atoms with Crippen molar-refractivity contribution in [3.8, 4) is 0 Å². The lowest BCUT2D eigenvalue weighted by molar-refractivity contribution is -0.160. The predicted molar refractivity (Wildman–Crippen MR) is 59.0 cm³/mol. The molecule has 1 saturated carbocycles. The maximum Gasteiger partial charge on any atom is 0.249 e. The van der Waals surface area contributed by atoms with Gasteiger partial charge in [0.1, 0.15) is 0 Å². The van der Waals surface area contributed by atoms with Crippen LogP contribution >= 0.6 is 12.4 Å². The van der Waals surface area contributed by atoms with Gasteiger partial charge in [-0.25, -0.2) is 8.78 Å². The molecule has 94 valence electrons. The average molecular weight is 255 g/mol. The van der Waals surface area contributed by atoms with Crippen molar-refractivity contribution in [2.75, 3.05) is 19.6 Å². The molecular weight excluding hydrogens is 238 g/mol. The molecule has 3 nitrogen and oxygen atoms in total. The number of carbonyl (C=O) groups excluding carboxylic acids is 1. The molecule has 0 aromatic heterocycles. The number of rotatable bonds is 1. The second-order valence-electron chi connectivity index (χ2n) is 4.60. The van der Waals surface area contributed by atoms with Gasteiger partial charge in [-0.1, -0.05) is 0 Å². The van der Waals surface area contributed by atoms with E-state index in [1.54, 1.807) is 4.90 Å². The zero-order valence-electron chi connectivity index (χ0n) is 9.21. The molecule has 2 fully saturated rings. The molecule has 16 heavy (non-hydrogen) atoms. The summed E-state index contributed by atoms with van der Waals surface area (Å²) < 4.78 is 25.2. The van der Waals surface area contributed by atoms with Crippen LogP contribution in [0.5, 0.6) is 0 Å². The number of nitrogens with zero attached hydrogens (tertiary/aromatic N) is 1. The first-order chi connectivity index (χ1) is 6.98. The minimum atomic E-state index is -2.60. The van der Waals surface area contributed by atoms with Crippen molar-refractivity contribution < 1.29 is 13.6 Å². The Kier molecular flexibility index (Phi) is 4.12. The summed E-state index contributed by atoms with van der Waals surface area (Å²) in [7, 11) is 0. The highest BCUT2D eigenvalue weighted by molar-refractivity contribution is 5.85. The number of hydrogen-bond acceptors (Lipinski definition) is 2. The van der Waals surface area contributed by atoms with Gasteiger partial charge in [-0.2, -0.15) is 0 Å². The van der Waals surface area contributed by atoms with Gasteiger partial charge < -0.3 is 10.2 Å². The average Bonchev–Trinajstić information content (AvgIpc) is 2.13.